The highest BCUT2D eigenvalue weighted by molar-refractivity contribution is 7.09. The Labute approximate surface area is 113 Å². The van der Waals surface area contributed by atoms with E-state index in [4.69, 9.17) is 4.42 Å². The summed E-state index contributed by atoms with van der Waals surface area (Å²) < 4.78 is 5.01. The molecule has 2 aromatic heterocycles. The lowest BCUT2D eigenvalue weighted by atomic mass is 10.2. The van der Waals surface area contributed by atoms with E-state index < -0.39 is 0 Å². The Morgan fingerprint density at radius 2 is 1.61 bits per heavy atom. The summed E-state index contributed by atoms with van der Waals surface area (Å²) >= 11 is 1.72. The second kappa shape index (κ2) is 6.69. The van der Waals surface area contributed by atoms with Crippen LogP contribution < -0.4 is 0 Å². The predicted molar refractivity (Wildman–Crippen MR) is 76.3 cm³/mol. The maximum absolute atomic E-state index is 5.01. The summed E-state index contributed by atoms with van der Waals surface area (Å²) in [6.45, 7) is 12.4. The summed E-state index contributed by atoms with van der Waals surface area (Å²) in [6.07, 6.45) is 1.71. The fourth-order valence-corrected chi connectivity index (χ4v) is 2.06. The van der Waals surface area contributed by atoms with E-state index in [-0.39, 0.29) is 0 Å². The first-order valence-electron chi connectivity index (χ1n) is 6.24. The Morgan fingerprint density at radius 3 is 1.83 bits per heavy atom. The third-order valence-corrected chi connectivity index (χ3v) is 3.25. The third kappa shape index (κ3) is 4.61. The van der Waals surface area contributed by atoms with E-state index in [1.165, 1.54) is 10.7 Å². The van der Waals surface area contributed by atoms with Crippen LogP contribution in [0.5, 0.6) is 0 Å². The van der Waals surface area contributed by atoms with Crippen LogP contribution in [0.25, 0.3) is 0 Å². The minimum atomic E-state index is 0.474. The Balaban J connectivity index is 0.000000180. The van der Waals surface area contributed by atoms with Crippen molar-refractivity contribution in [2.24, 2.45) is 0 Å². The summed E-state index contributed by atoms with van der Waals surface area (Å²) in [5, 5.41) is 3.29. The van der Waals surface area contributed by atoms with Crippen molar-refractivity contribution in [3.05, 3.63) is 33.9 Å². The molecule has 2 rings (SSSR count). The van der Waals surface area contributed by atoms with Gasteiger partial charge >= 0.3 is 0 Å². The molecular weight excluding hydrogens is 244 g/mol. The highest BCUT2D eigenvalue weighted by Crippen LogP contribution is 2.16. The van der Waals surface area contributed by atoms with Gasteiger partial charge in [0.2, 0.25) is 0 Å². The van der Waals surface area contributed by atoms with Crippen LogP contribution in [-0.4, -0.2) is 9.97 Å². The first kappa shape index (κ1) is 14.9. The predicted octanol–water partition coefficient (Wildman–Crippen LogP) is 4.68. The van der Waals surface area contributed by atoms with Crippen molar-refractivity contribution in [2.45, 2.75) is 53.4 Å². The van der Waals surface area contributed by atoms with Gasteiger partial charge in [-0.1, -0.05) is 27.7 Å². The van der Waals surface area contributed by atoms with E-state index in [1.807, 2.05) is 13.8 Å². The monoisotopic (exact) mass is 266 g/mol. The summed E-state index contributed by atoms with van der Waals surface area (Å²) in [7, 11) is 0. The standard InChI is InChI=1S/C7H11NO.C7H11NS/c2*1-5(2)7-4-9-6(3)8-7/h2*4-5H,1-3H3. The van der Waals surface area contributed by atoms with Gasteiger partial charge in [0.1, 0.15) is 6.26 Å². The largest absolute Gasteiger partial charge is 0.449 e. The van der Waals surface area contributed by atoms with Crippen molar-refractivity contribution in [1.82, 2.24) is 9.97 Å². The number of nitrogens with zero attached hydrogens (tertiary/aromatic N) is 2. The van der Waals surface area contributed by atoms with Crippen molar-refractivity contribution in [3.8, 4) is 0 Å². The van der Waals surface area contributed by atoms with Gasteiger partial charge < -0.3 is 4.42 Å². The van der Waals surface area contributed by atoms with Crippen LogP contribution in [0.15, 0.2) is 16.1 Å². The summed E-state index contributed by atoms with van der Waals surface area (Å²) in [4.78, 5) is 8.47. The molecule has 0 N–H and O–H groups in total. The normalized spacial score (nSPS) is 10.7. The number of aryl methyl sites for hydroxylation is 2. The Bertz CT molecular complexity index is 427. The van der Waals surface area contributed by atoms with Gasteiger partial charge in [-0.25, -0.2) is 9.97 Å². The minimum absolute atomic E-state index is 0.474. The van der Waals surface area contributed by atoms with Crippen molar-refractivity contribution in [2.75, 3.05) is 0 Å². The second-order valence-corrected chi connectivity index (χ2v) is 5.95. The molecule has 3 nitrogen and oxygen atoms in total. The van der Waals surface area contributed by atoms with Crippen LogP contribution in [0, 0.1) is 13.8 Å². The minimum Gasteiger partial charge on any atom is -0.449 e. The maximum Gasteiger partial charge on any atom is 0.191 e. The fraction of sp³-hybridized carbons (Fsp3) is 0.571. The SMILES string of the molecule is Cc1nc(C(C)C)co1.Cc1nc(C(C)C)cs1. The van der Waals surface area contributed by atoms with E-state index >= 15 is 0 Å². The van der Waals surface area contributed by atoms with Gasteiger partial charge in [0.05, 0.1) is 16.4 Å². The first-order valence-corrected chi connectivity index (χ1v) is 7.12. The molecule has 0 saturated carbocycles. The maximum atomic E-state index is 5.01. The number of aromatic nitrogens is 2. The Hall–Kier alpha value is -1.16. The van der Waals surface area contributed by atoms with E-state index in [2.05, 4.69) is 43.0 Å². The molecule has 0 aliphatic carbocycles. The zero-order chi connectivity index (χ0) is 13.7. The van der Waals surface area contributed by atoms with Gasteiger partial charge in [-0.3, -0.25) is 0 Å². The van der Waals surface area contributed by atoms with Gasteiger partial charge in [0, 0.05) is 12.3 Å². The molecule has 0 aromatic carbocycles. The highest BCUT2D eigenvalue weighted by Gasteiger charge is 2.02. The molecule has 0 aliphatic rings. The molecule has 0 radical (unpaired) electrons. The molecule has 4 heteroatoms. The number of rotatable bonds is 2. The second-order valence-electron chi connectivity index (χ2n) is 4.89. The third-order valence-electron chi connectivity index (χ3n) is 2.46. The van der Waals surface area contributed by atoms with Crippen molar-refractivity contribution >= 4 is 11.3 Å². The Kier molecular flexibility index (Phi) is 5.54. The van der Waals surface area contributed by atoms with Crippen LogP contribution in [-0.2, 0) is 0 Å². The summed E-state index contributed by atoms with van der Waals surface area (Å²) in [5.41, 5.74) is 2.25. The van der Waals surface area contributed by atoms with E-state index in [0.717, 1.165) is 11.6 Å². The van der Waals surface area contributed by atoms with Gasteiger partial charge in [0.25, 0.3) is 0 Å². The van der Waals surface area contributed by atoms with Crippen molar-refractivity contribution in [1.29, 1.82) is 0 Å². The van der Waals surface area contributed by atoms with Gasteiger partial charge in [-0.05, 0) is 18.8 Å². The molecule has 0 fully saturated rings. The van der Waals surface area contributed by atoms with Crippen LogP contribution in [0.4, 0.5) is 0 Å². The zero-order valence-electron chi connectivity index (χ0n) is 12.0. The number of oxazole rings is 1. The quantitative estimate of drug-likeness (QED) is 0.792. The number of thiazole rings is 1. The summed E-state index contributed by atoms with van der Waals surface area (Å²) in [6, 6.07) is 0. The van der Waals surface area contributed by atoms with Crippen molar-refractivity contribution in [3.63, 3.8) is 0 Å². The highest BCUT2D eigenvalue weighted by atomic mass is 32.1. The molecule has 0 amide bonds. The molecule has 100 valence electrons. The smallest absolute Gasteiger partial charge is 0.191 e. The molecule has 2 heterocycles. The van der Waals surface area contributed by atoms with Crippen LogP contribution in [0.3, 0.4) is 0 Å². The molecule has 0 bridgehead atoms. The summed E-state index contributed by atoms with van der Waals surface area (Å²) in [5.74, 6) is 1.80. The topological polar surface area (TPSA) is 38.9 Å². The van der Waals surface area contributed by atoms with Gasteiger partial charge in [-0.2, -0.15) is 0 Å². The average molecular weight is 266 g/mol. The van der Waals surface area contributed by atoms with Crippen molar-refractivity contribution < 1.29 is 4.42 Å². The molecule has 0 saturated heterocycles. The number of hydrogen-bond acceptors (Lipinski definition) is 4. The molecular formula is C14H22N2OS. The molecule has 18 heavy (non-hydrogen) atoms. The Morgan fingerprint density at radius 1 is 1.00 bits per heavy atom. The lowest BCUT2D eigenvalue weighted by molar-refractivity contribution is 0.520. The molecule has 0 atom stereocenters. The molecule has 2 aromatic rings. The fourth-order valence-electron chi connectivity index (χ4n) is 1.29. The molecule has 0 unspecified atom stereocenters. The van der Waals surface area contributed by atoms with Crippen LogP contribution in [0.1, 0.15) is 61.8 Å². The van der Waals surface area contributed by atoms with Gasteiger partial charge in [0.15, 0.2) is 5.89 Å². The van der Waals surface area contributed by atoms with Crippen LogP contribution in [0.2, 0.25) is 0 Å². The molecule has 0 spiro atoms. The van der Waals surface area contributed by atoms with Crippen LogP contribution >= 0.6 is 11.3 Å². The first-order chi connectivity index (χ1) is 8.40. The molecule has 0 aliphatic heterocycles. The van der Waals surface area contributed by atoms with Gasteiger partial charge in [-0.15, -0.1) is 11.3 Å². The van der Waals surface area contributed by atoms with E-state index in [0.29, 0.717) is 11.8 Å². The lowest BCUT2D eigenvalue weighted by Crippen LogP contribution is -1.85. The average Bonchev–Trinajstić information content (AvgIpc) is 2.88. The lowest BCUT2D eigenvalue weighted by Gasteiger charge is -1.95. The van der Waals surface area contributed by atoms with E-state index in [9.17, 15) is 0 Å². The van der Waals surface area contributed by atoms with E-state index in [1.54, 1.807) is 17.6 Å². The number of hydrogen-bond donors (Lipinski definition) is 0. The zero-order valence-corrected chi connectivity index (χ0v) is 12.8.